The van der Waals surface area contributed by atoms with E-state index in [1.54, 1.807) is 12.1 Å². The van der Waals surface area contributed by atoms with Crippen LogP contribution in [0, 0.1) is 0 Å². The number of sulfone groups is 1. The van der Waals surface area contributed by atoms with E-state index in [1.165, 1.54) is 12.1 Å². The minimum Gasteiger partial charge on any atom is -0.395 e. The first-order valence-electron chi connectivity index (χ1n) is 4.59. The second-order valence-electron chi connectivity index (χ2n) is 3.55. The first kappa shape index (κ1) is 13.4. The molecule has 0 amide bonds. The van der Waals surface area contributed by atoms with Crippen LogP contribution in [-0.2, 0) is 9.84 Å². The van der Waals surface area contributed by atoms with Gasteiger partial charge in [0.05, 0.1) is 12.7 Å². The van der Waals surface area contributed by atoms with E-state index < -0.39 is 27.8 Å². The van der Waals surface area contributed by atoms with Crippen molar-refractivity contribution < 1.29 is 18.6 Å². The fraction of sp³-hybridized carbons (Fsp3) is 0.400. The minimum absolute atomic E-state index is 0.411. The van der Waals surface area contributed by atoms with Crippen molar-refractivity contribution in [3.8, 4) is 0 Å². The molecule has 0 fully saturated rings. The Morgan fingerprint density at radius 2 is 1.81 bits per heavy atom. The van der Waals surface area contributed by atoms with Crippen LogP contribution in [0.2, 0.25) is 5.02 Å². The van der Waals surface area contributed by atoms with Gasteiger partial charge in [-0.3, -0.25) is 0 Å². The van der Waals surface area contributed by atoms with Crippen molar-refractivity contribution in [1.82, 2.24) is 0 Å². The molecule has 4 nitrogen and oxygen atoms in total. The SMILES string of the molecule is CS(=O)(=O)[C@H](CO)[C@@H](O)c1ccc(Cl)cc1. The summed E-state index contributed by atoms with van der Waals surface area (Å²) in [6.07, 6.45) is -0.273. The molecule has 6 heteroatoms. The summed E-state index contributed by atoms with van der Waals surface area (Å²) in [6.45, 7) is -0.622. The van der Waals surface area contributed by atoms with E-state index in [0.29, 0.717) is 10.6 Å². The molecule has 1 aromatic rings. The summed E-state index contributed by atoms with van der Waals surface area (Å²) < 4.78 is 22.6. The number of hydrogen-bond acceptors (Lipinski definition) is 4. The van der Waals surface area contributed by atoms with Crippen LogP contribution in [0.3, 0.4) is 0 Å². The molecule has 0 unspecified atom stereocenters. The maximum Gasteiger partial charge on any atom is 0.155 e. The predicted molar refractivity (Wildman–Crippen MR) is 62.1 cm³/mol. The lowest BCUT2D eigenvalue weighted by Crippen LogP contribution is -2.31. The summed E-state index contributed by atoms with van der Waals surface area (Å²) in [6, 6.07) is 6.16. The van der Waals surface area contributed by atoms with Crippen LogP contribution in [0.4, 0.5) is 0 Å². The third-order valence-corrected chi connectivity index (χ3v) is 4.05. The van der Waals surface area contributed by atoms with E-state index in [-0.39, 0.29) is 0 Å². The van der Waals surface area contributed by atoms with Crippen molar-refractivity contribution in [1.29, 1.82) is 0 Å². The number of aliphatic hydroxyl groups excluding tert-OH is 2. The lowest BCUT2D eigenvalue weighted by Gasteiger charge is -2.19. The average molecular weight is 265 g/mol. The van der Waals surface area contributed by atoms with Crippen LogP contribution in [0.25, 0.3) is 0 Å². The topological polar surface area (TPSA) is 74.6 Å². The van der Waals surface area contributed by atoms with Gasteiger partial charge in [-0.1, -0.05) is 23.7 Å². The largest absolute Gasteiger partial charge is 0.395 e. The second kappa shape index (κ2) is 5.14. The first-order chi connectivity index (χ1) is 7.36. The lowest BCUT2D eigenvalue weighted by atomic mass is 10.1. The molecule has 0 spiro atoms. The molecule has 1 rings (SSSR count). The molecule has 0 saturated heterocycles. The van der Waals surface area contributed by atoms with Gasteiger partial charge in [0.15, 0.2) is 9.84 Å². The van der Waals surface area contributed by atoms with Gasteiger partial charge in [0.2, 0.25) is 0 Å². The molecular formula is C10H13ClO4S. The van der Waals surface area contributed by atoms with Crippen LogP contribution in [-0.4, -0.2) is 36.7 Å². The summed E-state index contributed by atoms with van der Waals surface area (Å²) in [5.74, 6) is 0. The highest BCUT2D eigenvalue weighted by molar-refractivity contribution is 7.91. The zero-order valence-electron chi connectivity index (χ0n) is 8.67. The van der Waals surface area contributed by atoms with Gasteiger partial charge in [0.25, 0.3) is 0 Å². The Kier molecular flexibility index (Phi) is 4.32. The zero-order chi connectivity index (χ0) is 12.3. The number of benzene rings is 1. The fourth-order valence-corrected chi connectivity index (χ4v) is 2.37. The molecule has 0 aliphatic carbocycles. The molecule has 90 valence electrons. The maximum atomic E-state index is 11.3. The van der Waals surface area contributed by atoms with Gasteiger partial charge in [-0.25, -0.2) is 8.42 Å². The first-order valence-corrected chi connectivity index (χ1v) is 6.92. The van der Waals surface area contributed by atoms with Crippen LogP contribution in [0.15, 0.2) is 24.3 Å². The predicted octanol–water partition coefficient (Wildman–Crippen LogP) is 0.779. The summed E-state index contributed by atoms with van der Waals surface area (Å²) >= 11 is 5.67. The van der Waals surface area contributed by atoms with Crippen molar-refractivity contribution in [2.75, 3.05) is 12.9 Å². The van der Waals surface area contributed by atoms with Gasteiger partial charge in [-0.15, -0.1) is 0 Å². The molecule has 0 bridgehead atoms. The maximum absolute atomic E-state index is 11.3. The van der Waals surface area contributed by atoms with Gasteiger partial charge >= 0.3 is 0 Å². The lowest BCUT2D eigenvalue weighted by molar-refractivity contribution is 0.138. The van der Waals surface area contributed by atoms with E-state index in [4.69, 9.17) is 16.7 Å². The summed E-state index contributed by atoms with van der Waals surface area (Å²) in [4.78, 5) is 0. The smallest absolute Gasteiger partial charge is 0.155 e. The molecule has 0 aliphatic rings. The summed E-state index contributed by atoms with van der Waals surface area (Å²) in [5.41, 5.74) is 0.411. The summed E-state index contributed by atoms with van der Waals surface area (Å²) in [7, 11) is -3.51. The number of hydrogen-bond donors (Lipinski definition) is 2. The monoisotopic (exact) mass is 264 g/mol. The molecule has 0 aliphatic heterocycles. The zero-order valence-corrected chi connectivity index (χ0v) is 10.2. The Labute approximate surface area is 99.4 Å². The third kappa shape index (κ3) is 3.18. The van der Waals surface area contributed by atoms with E-state index in [0.717, 1.165) is 6.26 Å². The Morgan fingerprint density at radius 3 is 2.19 bits per heavy atom. The van der Waals surface area contributed by atoms with Gasteiger partial charge in [-0.05, 0) is 17.7 Å². The number of halogens is 1. The van der Waals surface area contributed by atoms with E-state index in [2.05, 4.69) is 0 Å². The van der Waals surface area contributed by atoms with Crippen molar-refractivity contribution in [2.45, 2.75) is 11.4 Å². The molecule has 16 heavy (non-hydrogen) atoms. The molecule has 1 aromatic carbocycles. The van der Waals surface area contributed by atoms with Crippen molar-refractivity contribution >= 4 is 21.4 Å². The quantitative estimate of drug-likeness (QED) is 0.843. The molecule has 0 saturated carbocycles. The van der Waals surface area contributed by atoms with E-state index in [9.17, 15) is 13.5 Å². The van der Waals surface area contributed by atoms with Gasteiger partial charge < -0.3 is 10.2 Å². The van der Waals surface area contributed by atoms with Gasteiger partial charge in [-0.2, -0.15) is 0 Å². The molecule has 0 heterocycles. The third-order valence-electron chi connectivity index (χ3n) is 2.29. The van der Waals surface area contributed by atoms with Crippen LogP contribution in [0.5, 0.6) is 0 Å². The Bertz CT molecular complexity index is 440. The highest BCUT2D eigenvalue weighted by Gasteiger charge is 2.29. The molecule has 0 aromatic heterocycles. The Balaban J connectivity index is 3.00. The molecule has 2 N–H and O–H groups in total. The van der Waals surface area contributed by atoms with Gasteiger partial charge in [0, 0.05) is 11.3 Å². The standard InChI is InChI=1S/C10H13ClO4S/c1-16(14,15)9(6-12)10(13)7-2-4-8(11)5-3-7/h2-5,9-10,12-13H,6H2,1H3/t9-,10+/m1/s1. The minimum atomic E-state index is -3.51. The fourth-order valence-electron chi connectivity index (χ4n) is 1.34. The normalized spacial score (nSPS) is 15.8. The van der Waals surface area contributed by atoms with Crippen molar-refractivity contribution in [3.63, 3.8) is 0 Å². The summed E-state index contributed by atoms with van der Waals surface area (Å²) in [5, 5.41) is 18.1. The van der Waals surface area contributed by atoms with E-state index >= 15 is 0 Å². The molecule has 0 radical (unpaired) electrons. The molecular weight excluding hydrogens is 252 g/mol. The average Bonchev–Trinajstić information content (AvgIpc) is 2.17. The number of aliphatic hydroxyl groups is 2. The van der Waals surface area contributed by atoms with E-state index in [1.807, 2.05) is 0 Å². The van der Waals surface area contributed by atoms with Crippen molar-refractivity contribution in [2.24, 2.45) is 0 Å². The number of rotatable bonds is 4. The van der Waals surface area contributed by atoms with Crippen molar-refractivity contribution in [3.05, 3.63) is 34.9 Å². The molecule has 2 atom stereocenters. The highest BCUT2D eigenvalue weighted by atomic mass is 35.5. The Hall–Kier alpha value is -0.620. The van der Waals surface area contributed by atoms with Crippen LogP contribution < -0.4 is 0 Å². The van der Waals surface area contributed by atoms with Crippen LogP contribution >= 0.6 is 11.6 Å². The Morgan fingerprint density at radius 1 is 1.31 bits per heavy atom. The highest BCUT2D eigenvalue weighted by Crippen LogP contribution is 2.23. The van der Waals surface area contributed by atoms with Gasteiger partial charge in [0.1, 0.15) is 5.25 Å². The van der Waals surface area contributed by atoms with Crippen LogP contribution in [0.1, 0.15) is 11.7 Å². The second-order valence-corrected chi connectivity index (χ2v) is 6.25.